The summed E-state index contributed by atoms with van der Waals surface area (Å²) < 4.78 is 6.11. The molecule has 9 heteroatoms. The third kappa shape index (κ3) is 3.64. The molecule has 5 rings (SSSR count). The molecular formula is C24H18BrClN2O5. The first-order valence-electron chi connectivity index (χ1n) is 10.1. The Hall–Kier alpha value is -3.07. The molecule has 0 aliphatic carbocycles. The van der Waals surface area contributed by atoms with Crippen molar-refractivity contribution in [2.45, 2.75) is 12.1 Å². The van der Waals surface area contributed by atoms with Crippen LogP contribution in [-0.4, -0.2) is 30.1 Å². The molecule has 2 aliphatic rings. The van der Waals surface area contributed by atoms with Gasteiger partial charge in [0, 0.05) is 9.50 Å². The van der Waals surface area contributed by atoms with Gasteiger partial charge in [0.05, 0.1) is 24.5 Å². The van der Waals surface area contributed by atoms with Crippen LogP contribution in [0.5, 0.6) is 11.5 Å². The number of hydroxylamine groups is 1. The fourth-order valence-corrected chi connectivity index (χ4v) is 4.68. The van der Waals surface area contributed by atoms with Crippen LogP contribution in [0.3, 0.4) is 0 Å². The van der Waals surface area contributed by atoms with E-state index in [2.05, 4.69) is 15.9 Å². The second kappa shape index (κ2) is 8.37. The normalized spacial score (nSPS) is 22.1. The number of fused-ring (bicyclic) bond motifs is 1. The number of aromatic hydroxyl groups is 1. The summed E-state index contributed by atoms with van der Waals surface area (Å²) in [5.41, 5.74) is 1.78. The highest BCUT2D eigenvalue weighted by atomic mass is 79.9. The van der Waals surface area contributed by atoms with Crippen molar-refractivity contribution < 1.29 is 24.3 Å². The summed E-state index contributed by atoms with van der Waals surface area (Å²) >= 11 is 9.42. The van der Waals surface area contributed by atoms with E-state index in [1.807, 2.05) is 0 Å². The minimum absolute atomic E-state index is 0.0277. The van der Waals surface area contributed by atoms with Crippen molar-refractivity contribution in [1.82, 2.24) is 0 Å². The molecule has 2 heterocycles. The Morgan fingerprint density at radius 2 is 1.64 bits per heavy atom. The van der Waals surface area contributed by atoms with Crippen molar-refractivity contribution in [2.24, 2.45) is 5.92 Å². The highest BCUT2D eigenvalue weighted by Gasteiger charge is 2.60. The van der Waals surface area contributed by atoms with Crippen molar-refractivity contribution in [3.8, 4) is 11.5 Å². The van der Waals surface area contributed by atoms with Gasteiger partial charge in [0.25, 0.3) is 5.91 Å². The second-order valence-corrected chi connectivity index (χ2v) is 9.07. The smallest absolute Gasteiger partial charge is 0.266 e. The summed E-state index contributed by atoms with van der Waals surface area (Å²) in [5.74, 6) is -1.36. The van der Waals surface area contributed by atoms with Crippen LogP contribution in [0.25, 0.3) is 0 Å². The van der Waals surface area contributed by atoms with Crippen LogP contribution < -0.4 is 14.7 Å². The number of amides is 2. The van der Waals surface area contributed by atoms with Gasteiger partial charge in [0.2, 0.25) is 5.91 Å². The lowest BCUT2D eigenvalue weighted by Gasteiger charge is -2.29. The van der Waals surface area contributed by atoms with Gasteiger partial charge in [-0.2, -0.15) is 0 Å². The number of methoxy groups -OCH3 is 1. The number of carbonyl (C=O) groups excluding carboxylic acids is 2. The predicted octanol–water partition coefficient (Wildman–Crippen LogP) is 4.87. The Kier molecular flexibility index (Phi) is 5.52. The van der Waals surface area contributed by atoms with Crippen molar-refractivity contribution in [1.29, 1.82) is 0 Å². The zero-order chi connectivity index (χ0) is 23.3. The van der Waals surface area contributed by atoms with E-state index in [0.29, 0.717) is 22.0 Å². The molecule has 7 nitrogen and oxygen atoms in total. The first-order chi connectivity index (χ1) is 15.9. The van der Waals surface area contributed by atoms with E-state index >= 15 is 0 Å². The third-order valence-electron chi connectivity index (χ3n) is 5.83. The van der Waals surface area contributed by atoms with Crippen LogP contribution in [0.15, 0.2) is 71.2 Å². The molecular weight excluding hydrogens is 512 g/mol. The largest absolute Gasteiger partial charge is 0.504 e. The number of imide groups is 1. The van der Waals surface area contributed by atoms with E-state index in [-0.39, 0.29) is 17.4 Å². The zero-order valence-electron chi connectivity index (χ0n) is 17.3. The average molecular weight is 530 g/mol. The SMILES string of the molecule is COc1cc([C@@H]2[C@H]3C(=O)N(c4ccc(Br)cc4)C(=O)[C@@H]3ON2c2ccc(Cl)cc2)ccc1O. The maximum atomic E-state index is 13.6. The molecule has 2 saturated heterocycles. The molecule has 33 heavy (non-hydrogen) atoms. The number of ether oxygens (including phenoxy) is 1. The lowest BCUT2D eigenvalue weighted by atomic mass is 9.90. The van der Waals surface area contributed by atoms with Gasteiger partial charge in [-0.25, -0.2) is 9.96 Å². The van der Waals surface area contributed by atoms with Crippen LogP contribution in [0, 0.1) is 5.92 Å². The van der Waals surface area contributed by atoms with Gasteiger partial charge in [-0.05, 0) is 66.2 Å². The fraction of sp³-hybridized carbons (Fsp3) is 0.167. The highest BCUT2D eigenvalue weighted by Crippen LogP contribution is 2.48. The monoisotopic (exact) mass is 528 g/mol. The lowest BCUT2D eigenvalue weighted by Crippen LogP contribution is -2.37. The van der Waals surface area contributed by atoms with Crippen LogP contribution in [0.1, 0.15) is 11.6 Å². The molecule has 0 saturated carbocycles. The molecule has 0 spiro atoms. The van der Waals surface area contributed by atoms with Crippen molar-refractivity contribution in [3.05, 3.63) is 81.8 Å². The van der Waals surface area contributed by atoms with Crippen molar-refractivity contribution in [3.63, 3.8) is 0 Å². The standard InChI is InChI=1S/C24H18BrClN2O5/c1-32-19-12-13(2-11-18(19)29)21-20-22(33-28(21)17-9-5-15(26)6-10-17)24(31)27(23(20)30)16-7-3-14(25)4-8-16/h2-12,20-22,29H,1H3/t20-,21-,22-/m1/s1. The first kappa shape index (κ1) is 21.8. The molecule has 3 atom stereocenters. The number of phenols is 1. The van der Waals surface area contributed by atoms with Gasteiger partial charge in [0.1, 0.15) is 5.92 Å². The number of hydrogen-bond donors (Lipinski definition) is 1. The topological polar surface area (TPSA) is 79.3 Å². The predicted molar refractivity (Wildman–Crippen MR) is 126 cm³/mol. The van der Waals surface area contributed by atoms with Gasteiger partial charge < -0.3 is 9.84 Å². The number of nitrogens with zero attached hydrogens (tertiary/aromatic N) is 2. The Morgan fingerprint density at radius 3 is 2.30 bits per heavy atom. The molecule has 2 amide bonds. The molecule has 168 valence electrons. The van der Waals surface area contributed by atoms with Gasteiger partial charge >= 0.3 is 0 Å². The number of hydrogen-bond acceptors (Lipinski definition) is 6. The summed E-state index contributed by atoms with van der Waals surface area (Å²) in [6.45, 7) is 0. The molecule has 2 aliphatic heterocycles. The van der Waals surface area contributed by atoms with Crippen LogP contribution in [-0.2, 0) is 14.4 Å². The number of halogens is 2. The van der Waals surface area contributed by atoms with Crippen molar-refractivity contribution >= 4 is 50.7 Å². The maximum Gasteiger partial charge on any atom is 0.266 e. The number of anilines is 2. The molecule has 0 aromatic heterocycles. The Labute approximate surface area is 203 Å². The van der Waals surface area contributed by atoms with E-state index in [0.717, 1.165) is 4.47 Å². The Morgan fingerprint density at radius 1 is 0.970 bits per heavy atom. The number of carbonyl (C=O) groups is 2. The quantitative estimate of drug-likeness (QED) is 0.486. The van der Waals surface area contributed by atoms with E-state index in [4.69, 9.17) is 21.2 Å². The third-order valence-corrected chi connectivity index (χ3v) is 6.61. The van der Waals surface area contributed by atoms with E-state index in [1.165, 1.54) is 18.1 Å². The molecule has 0 unspecified atom stereocenters. The first-order valence-corrected chi connectivity index (χ1v) is 11.3. The fourth-order valence-electron chi connectivity index (χ4n) is 4.29. The van der Waals surface area contributed by atoms with Crippen molar-refractivity contribution in [2.75, 3.05) is 17.1 Å². The van der Waals surface area contributed by atoms with Gasteiger partial charge in [-0.15, -0.1) is 0 Å². The van der Waals surface area contributed by atoms with E-state index in [1.54, 1.807) is 65.7 Å². The van der Waals surface area contributed by atoms with Crippen LogP contribution in [0.4, 0.5) is 11.4 Å². The summed E-state index contributed by atoms with van der Waals surface area (Å²) in [6, 6.07) is 18.1. The second-order valence-electron chi connectivity index (χ2n) is 7.72. The van der Waals surface area contributed by atoms with E-state index < -0.39 is 24.0 Å². The Bertz CT molecular complexity index is 1230. The zero-order valence-corrected chi connectivity index (χ0v) is 19.7. The lowest BCUT2D eigenvalue weighted by molar-refractivity contribution is -0.126. The van der Waals surface area contributed by atoms with E-state index in [9.17, 15) is 14.7 Å². The molecule has 3 aromatic carbocycles. The molecule has 3 aromatic rings. The number of phenolic OH excluding ortho intramolecular Hbond substituents is 1. The molecule has 0 bridgehead atoms. The number of rotatable bonds is 4. The summed E-state index contributed by atoms with van der Waals surface area (Å²) in [4.78, 5) is 34.2. The summed E-state index contributed by atoms with van der Waals surface area (Å²) in [7, 11) is 1.45. The minimum atomic E-state index is -0.998. The van der Waals surface area contributed by atoms with Gasteiger partial charge in [-0.1, -0.05) is 33.6 Å². The van der Waals surface area contributed by atoms with Gasteiger partial charge in [0.15, 0.2) is 17.6 Å². The highest BCUT2D eigenvalue weighted by molar-refractivity contribution is 9.10. The Balaban J connectivity index is 1.60. The number of benzene rings is 3. The minimum Gasteiger partial charge on any atom is -0.504 e. The van der Waals surface area contributed by atoms with Gasteiger partial charge in [-0.3, -0.25) is 14.4 Å². The molecule has 2 fully saturated rings. The molecule has 1 N–H and O–H groups in total. The molecule has 0 radical (unpaired) electrons. The summed E-state index contributed by atoms with van der Waals surface area (Å²) in [6.07, 6.45) is -0.998. The maximum absolute atomic E-state index is 13.6. The average Bonchev–Trinajstić information content (AvgIpc) is 3.32. The van der Waals surface area contributed by atoms with Crippen LogP contribution in [0.2, 0.25) is 5.02 Å². The van der Waals surface area contributed by atoms with Crippen LogP contribution >= 0.6 is 27.5 Å². The summed E-state index contributed by atoms with van der Waals surface area (Å²) in [5, 5.41) is 12.2.